The van der Waals surface area contributed by atoms with Gasteiger partial charge in [-0.25, -0.2) is 0 Å². The van der Waals surface area contributed by atoms with Gasteiger partial charge < -0.3 is 15.3 Å². The molecule has 1 saturated carbocycles. The highest BCUT2D eigenvalue weighted by Crippen LogP contribution is 2.47. The summed E-state index contributed by atoms with van der Waals surface area (Å²) in [5, 5.41) is 29.3. The summed E-state index contributed by atoms with van der Waals surface area (Å²) < 4.78 is 0. The van der Waals surface area contributed by atoms with Crippen LogP contribution in [0.1, 0.15) is 46.0 Å². The molecule has 142 valence electrons. The largest absolute Gasteiger partial charge is 0.481 e. The van der Waals surface area contributed by atoms with Crippen molar-refractivity contribution < 1.29 is 20.1 Å². The smallest absolute Gasteiger partial charge is 0.303 e. The van der Waals surface area contributed by atoms with Gasteiger partial charge in [-0.15, -0.1) is 11.8 Å². The van der Waals surface area contributed by atoms with Crippen LogP contribution in [-0.2, 0) is 4.79 Å². The third kappa shape index (κ3) is 5.59. The molecular weight excluding hydrogens is 328 g/mol. The van der Waals surface area contributed by atoms with Crippen LogP contribution < -0.4 is 0 Å². The molecule has 4 heteroatoms. The molecule has 0 amide bonds. The molecule has 0 spiro atoms. The SMILES string of the molecule is CC#CCC(C)[C@H](O)/C=C/[C@@H]1[C@H]2CC(/C=C\CCC(=O)O)=C[C@H]2C[C@H]1O. The topological polar surface area (TPSA) is 77.8 Å². The molecule has 6 atom stereocenters. The second kappa shape index (κ2) is 9.75. The minimum atomic E-state index is -0.780. The van der Waals surface area contributed by atoms with Crippen LogP contribution in [0.2, 0.25) is 0 Å². The second-order valence-electron chi connectivity index (χ2n) is 7.47. The zero-order valence-electron chi connectivity index (χ0n) is 15.6. The number of carbonyl (C=O) groups is 1. The molecule has 2 rings (SSSR count). The zero-order chi connectivity index (χ0) is 19.1. The van der Waals surface area contributed by atoms with Crippen LogP contribution in [-0.4, -0.2) is 33.5 Å². The molecular formula is C22H30O4. The lowest BCUT2D eigenvalue weighted by atomic mass is 9.88. The van der Waals surface area contributed by atoms with E-state index >= 15 is 0 Å². The maximum Gasteiger partial charge on any atom is 0.303 e. The number of carboxylic acids is 1. The summed E-state index contributed by atoms with van der Waals surface area (Å²) in [4.78, 5) is 10.6. The van der Waals surface area contributed by atoms with Gasteiger partial charge in [-0.1, -0.05) is 42.9 Å². The molecule has 0 radical (unpaired) electrons. The lowest BCUT2D eigenvalue weighted by Crippen LogP contribution is -2.19. The number of allylic oxidation sites excluding steroid dienone is 4. The van der Waals surface area contributed by atoms with E-state index < -0.39 is 12.1 Å². The first-order chi connectivity index (χ1) is 12.4. The van der Waals surface area contributed by atoms with Crippen molar-refractivity contribution in [2.75, 3.05) is 0 Å². The Hall–Kier alpha value is -1.83. The van der Waals surface area contributed by atoms with E-state index in [1.54, 1.807) is 6.92 Å². The highest BCUT2D eigenvalue weighted by Gasteiger charge is 2.43. The Morgan fingerprint density at radius 3 is 2.92 bits per heavy atom. The summed E-state index contributed by atoms with van der Waals surface area (Å²) in [6.07, 6.45) is 12.0. The Bertz CT molecular complexity index is 634. The van der Waals surface area contributed by atoms with Gasteiger partial charge in [-0.2, -0.15) is 0 Å². The van der Waals surface area contributed by atoms with Crippen LogP contribution in [0.4, 0.5) is 0 Å². The molecule has 3 N–H and O–H groups in total. The first kappa shape index (κ1) is 20.5. The second-order valence-corrected chi connectivity index (χ2v) is 7.47. The van der Waals surface area contributed by atoms with Crippen LogP contribution in [0.5, 0.6) is 0 Å². The summed E-state index contributed by atoms with van der Waals surface area (Å²) in [5.41, 5.74) is 1.22. The molecule has 0 heterocycles. The van der Waals surface area contributed by atoms with Crippen molar-refractivity contribution in [2.24, 2.45) is 23.7 Å². The lowest BCUT2D eigenvalue weighted by molar-refractivity contribution is -0.136. The number of aliphatic hydroxyl groups is 2. The van der Waals surface area contributed by atoms with E-state index in [1.165, 1.54) is 5.57 Å². The third-order valence-corrected chi connectivity index (χ3v) is 5.47. The van der Waals surface area contributed by atoms with Gasteiger partial charge in [-0.05, 0) is 43.9 Å². The Balaban J connectivity index is 1.91. The van der Waals surface area contributed by atoms with Gasteiger partial charge >= 0.3 is 5.97 Å². The molecule has 1 unspecified atom stereocenters. The maximum absolute atomic E-state index is 10.6. The molecule has 4 nitrogen and oxygen atoms in total. The molecule has 2 aliphatic rings. The van der Waals surface area contributed by atoms with E-state index in [9.17, 15) is 15.0 Å². The fraction of sp³-hybridized carbons (Fsp3) is 0.591. The van der Waals surface area contributed by atoms with Gasteiger partial charge in [0.05, 0.1) is 12.2 Å². The Morgan fingerprint density at radius 1 is 1.46 bits per heavy atom. The van der Waals surface area contributed by atoms with Crippen molar-refractivity contribution in [3.63, 3.8) is 0 Å². The van der Waals surface area contributed by atoms with Gasteiger partial charge in [0.2, 0.25) is 0 Å². The third-order valence-electron chi connectivity index (χ3n) is 5.47. The first-order valence-electron chi connectivity index (χ1n) is 9.45. The summed E-state index contributed by atoms with van der Waals surface area (Å²) in [7, 11) is 0. The minimum absolute atomic E-state index is 0.0558. The van der Waals surface area contributed by atoms with Crippen LogP contribution in [0.3, 0.4) is 0 Å². The van der Waals surface area contributed by atoms with E-state index in [0.717, 1.165) is 12.8 Å². The highest BCUT2D eigenvalue weighted by atomic mass is 16.4. The molecule has 0 aromatic rings. The Morgan fingerprint density at radius 2 is 2.23 bits per heavy atom. The van der Waals surface area contributed by atoms with Gasteiger partial charge in [0.25, 0.3) is 0 Å². The normalized spacial score (nSPS) is 30.1. The molecule has 0 bridgehead atoms. The van der Waals surface area contributed by atoms with Crippen molar-refractivity contribution in [2.45, 2.75) is 58.2 Å². The van der Waals surface area contributed by atoms with Gasteiger partial charge in [0.1, 0.15) is 0 Å². The van der Waals surface area contributed by atoms with Crippen molar-refractivity contribution >= 4 is 5.97 Å². The summed E-state index contributed by atoms with van der Waals surface area (Å²) in [5.74, 6) is 5.91. The fourth-order valence-electron chi connectivity index (χ4n) is 3.93. The average molecular weight is 358 g/mol. The van der Waals surface area contributed by atoms with E-state index in [0.29, 0.717) is 24.7 Å². The first-order valence-corrected chi connectivity index (χ1v) is 9.45. The monoisotopic (exact) mass is 358 g/mol. The minimum Gasteiger partial charge on any atom is -0.481 e. The summed E-state index contributed by atoms with van der Waals surface area (Å²) in [6.45, 7) is 3.77. The van der Waals surface area contributed by atoms with Crippen molar-refractivity contribution in [1.29, 1.82) is 0 Å². The number of rotatable bonds is 8. The van der Waals surface area contributed by atoms with Crippen molar-refractivity contribution in [1.82, 2.24) is 0 Å². The standard InChI is InChI=1S/C22H30O4/c1-3-4-7-15(2)20(23)11-10-18-19-13-16(8-5-6-9-22(25)26)12-17(19)14-21(18)24/h5,8,10-12,15,17-21,23-24H,6-7,9,13-14H2,1-2H3,(H,25,26)/b8-5-,11-10+/t15?,17-,18+,19-,20+,21+/m0/s1. The molecule has 26 heavy (non-hydrogen) atoms. The predicted octanol–water partition coefficient (Wildman–Crippen LogP) is 3.32. The van der Waals surface area contributed by atoms with E-state index in [-0.39, 0.29) is 24.4 Å². The summed E-state index contributed by atoms with van der Waals surface area (Å²) in [6, 6.07) is 0. The number of aliphatic hydroxyl groups excluding tert-OH is 2. The van der Waals surface area contributed by atoms with E-state index in [2.05, 4.69) is 17.9 Å². The molecule has 0 aromatic heterocycles. The van der Waals surface area contributed by atoms with Gasteiger partial charge in [0, 0.05) is 18.8 Å². The quantitative estimate of drug-likeness (QED) is 0.459. The van der Waals surface area contributed by atoms with Gasteiger partial charge in [0.15, 0.2) is 0 Å². The summed E-state index contributed by atoms with van der Waals surface area (Å²) >= 11 is 0. The number of hydrogen-bond acceptors (Lipinski definition) is 3. The molecule has 0 saturated heterocycles. The average Bonchev–Trinajstić information content (AvgIpc) is 3.10. The zero-order valence-corrected chi connectivity index (χ0v) is 15.6. The number of aliphatic carboxylic acids is 1. The van der Waals surface area contributed by atoms with E-state index in [1.807, 2.05) is 31.2 Å². The van der Waals surface area contributed by atoms with E-state index in [4.69, 9.17) is 5.11 Å². The maximum atomic E-state index is 10.6. The molecule has 2 aliphatic carbocycles. The highest BCUT2D eigenvalue weighted by molar-refractivity contribution is 5.66. The van der Waals surface area contributed by atoms with Crippen LogP contribution in [0.15, 0.2) is 36.0 Å². The van der Waals surface area contributed by atoms with Gasteiger partial charge in [-0.3, -0.25) is 4.79 Å². The Labute approximate surface area is 156 Å². The van der Waals surface area contributed by atoms with Crippen LogP contribution in [0, 0.1) is 35.5 Å². The predicted molar refractivity (Wildman–Crippen MR) is 102 cm³/mol. The number of fused-ring (bicyclic) bond motifs is 1. The Kier molecular flexibility index (Phi) is 7.68. The van der Waals surface area contributed by atoms with Crippen molar-refractivity contribution in [3.8, 4) is 11.8 Å². The van der Waals surface area contributed by atoms with Crippen LogP contribution in [0.25, 0.3) is 0 Å². The number of hydrogen-bond donors (Lipinski definition) is 3. The lowest BCUT2D eigenvalue weighted by Gasteiger charge is -2.19. The fourth-order valence-corrected chi connectivity index (χ4v) is 3.93. The molecule has 0 aliphatic heterocycles. The van der Waals surface area contributed by atoms with Crippen molar-refractivity contribution in [3.05, 3.63) is 36.0 Å². The number of carboxylic acid groups (broad SMARTS) is 1. The molecule has 0 aromatic carbocycles. The van der Waals surface area contributed by atoms with Crippen LogP contribution >= 0.6 is 0 Å². The molecule has 1 fully saturated rings.